The van der Waals surface area contributed by atoms with E-state index in [9.17, 15) is 4.79 Å². The van der Waals surface area contributed by atoms with E-state index >= 15 is 0 Å². The number of rotatable bonds is 6. The third kappa shape index (κ3) is 6.01. The van der Waals surface area contributed by atoms with Gasteiger partial charge in [-0.25, -0.2) is 0 Å². The standard InChI is InChI=1S/C20H23NOS3/c1-15-6-8-18(9-7-15)23-13-10-19(22)21-17-5-2-4-16(14-17)20-24-11-3-12-25-20/h2,4-9,14,20H,3,10-13H2,1H3,(H,21,22). The smallest absolute Gasteiger partial charge is 0.225 e. The summed E-state index contributed by atoms with van der Waals surface area (Å²) in [5, 5.41) is 3.05. The summed E-state index contributed by atoms with van der Waals surface area (Å²) in [6.45, 7) is 2.08. The zero-order chi connectivity index (χ0) is 17.5. The second-order valence-electron chi connectivity index (χ2n) is 6.01. The summed E-state index contributed by atoms with van der Waals surface area (Å²) >= 11 is 5.73. The van der Waals surface area contributed by atoms with Crippen molar-refractivity contribution in [1.29, 1.82) is 0 Å². The number of nitrogens with one attached hydrogen (secondary N) is 1. The molecule has 1 aliphatic heterocycles. The van der Waals surface area contributed by atoms with Crippen molar-refractivity contribution in [2.24, 2.45) is 0 Å². The summed E-state index contributed by atoms with van der Waals surface area (Å²) in [6, 6.07) is 16.8. The fraction of sp³-hybridized carbons (Fsp3) is 0.350. The number of benzene rings is 2. The quantitative estimate of drug-likeness (QED) is 0.615. The van der Waals surface area contributed by atoms with Crippen LogP contribution in [0.15, 0.2) is 53.4 Å². The van der Waals surface area contributed by atoms with E-state index in [4.69, 9.17) is 0 Å². The summed E-state index contributed by atoms with van der Waals surface area (Å²) < 4.78 is 0.502. The van der Waals surface area contributed by atoms with Gasteiger partial charge in [-0.05, 0) is 54.7 Å². The molecule has 0 saturated carbocycles. The van der Waals surface area contributed by atoms with Gasteiger partial charge in [0.05, 0.1) is 4.58 Å². The lowest BCUT2D eigenvalue weighted by Crippen LogP contribution is -2.12. The van der Waals surface area contributed by atoms with Gasteiger partial charge in [-0.15, -0.1) is 35.3 Å². The molecule has 2 aromatic rings. The van der Waals surface area contributed by atoms with E-state index in [0.717, 1.165) is 11.4 Å². The monoisotopic (exact) mass is 389 g/mol. The van der Waals surface area contributed by atoms with Crippen LogP contribution < -0.4 is 5.32 Å². The van der Waals surface area contributed by atoms with Gasteiger partial charge < -0.3 is 5.32 Å². The van der Waals surface area contributed by atoms with Crippen LogP contribution in [-0.2, 0) is 4.79 Å². The third-order valence-corrected chi connectivity index (χ3v) is 7.92. The molecule has 0 radical (unpaired) electrons. The minimum absolute atomic E-state index is 0.0840. The summed E-state index contributed by atoms with van der Waals surface area (Å²) in [6.07, 6.45) is 1.82. The average Bonchev–Trinajstić information content (AvgIpc) is 2.64. The lowest BCUT2D eigenvalue weighted by atomic mass is 10.2. The number of aryl methyl sites for hydroxylation is 1. The highest BCUT2D eigenvalue weighted by Gasteiger charge is 2.16. The minimum atomic E-state index is 0.0840. The average molecular weight is 390 g/mol. The van der Waals surface area contributed by atoms with Crippen molar-refractivity contribution in [2.45, 2.75) is 29.2 Å². The molecule has 0 aliphatic carbocycles. The van der Waals surface area contributed by atoms with Crippen LogP contribution in [0.3, 0.4) is 0 Å². The maximum atomic E-state index is 12.2. The predicted molar refractivity (Wildman–Crippen MR) is 114 cm³/mol. The molecule has 2 nitrogen and oxygen atoms in total. The van der Waals surface area contributed by atoms with Crippen molar-refractivity contribution < 1.29 is 4.79 Å². The lowest BCUT2D eigenvalue weighted by Gasteiger charge is -2.21. The number of anilines is 1. The Kier molecular flexibility index (Phi) is 7.20. The molecule has 1 saturated heterocycles. The summed E-state index contributed by atoms with van der Waals surface area (Å²) in [4.78, 5) is 13.4. The Morgan fingerprint density at radius 1 is 1.16 bits per heavy atom. The van der Waals surface area contributed by atoms with Crippen molar-refractivity contribution in [3.8, 4) is 0 Å². The zero-order valence-electron chi connectivity index (χ0n) is 14.4. The Morgan fingerprint density at radius 3 is 2.68 bits per heavy atom. The molecule has 5 heteroatoms. The molecule has 1 fully saturated rings. The molecule has 1 N–H and O–H groups in total. The van der Waals surface area contributed by atoms with Crippen LogP contribution in [0.1, 0.15) is 28.6 Å². The first kappa shape index (κ1) is 18.7. The van der Waals surface area contributed by atoms with Gasteiger partial charge in [0.2, 0.25) is 5.91 Å². The Hall–Kier alpha value is -1.04. The van der Waals surface area contributed by atoms with Crippen LogP contribution in [0.4, 0.5) is 5.69 Å². The topological polar surface area (TPSA) is 29.1 Å². The van der Waals surface area contributed by atoms with E-state index < -0.39 is 0 Å². The Morgan fingerprint density at radius 2 is 1.92 bits per heavy atom. The van der Waals surface area contributed by atoms with Gasteiger partial charge in [-0.2, -0.15) is 0 Å². The number of carbonyl (C=O) groups is 1. The van der Waals surface area contributed by atoms with Crippen LogP contribution in [-0.4, -0.2) is 23.2 Å². The molecular weight excluding hydrogens is 366 g/mol. The Balaban J connectivity index is 1.48. The number of hydrogen-bond donors (Lipinski definition) is 1. The van der Waals surface area contributed by atoms with E-state index in [1.165, 1.54) is 33.9 Å². The SMILES string of the molecule is Cc1ccc(SCCC(=O)Nc2cccc(C3SCCCS3)c2)cc1. The number of thioether (sulfide) groups is 3. The predicted octanol–water partition coefficient (Wildman–Crippen LogP) is 5.98. The molecule has 0 atom stereocenters. The second kappa shape index (κ2) is 9.60. The Bertz CT molecular complexity index is 696. The fourth-order valence-electron chi connectivity index (χ4n) is 2.56. The van der Waals surface area contributed by atoms with E-state index in [-0.39, 0.29) is 5.91 Å². The molecule has 1 amide bonds. The van der Waals surface area contributed by atoms with Gasteiger partial charge in [0, 0.05) is 22.8 Å². The molecular formula is C20H23NOS3. The normalized spacial score (nSPS) is 15.1. The first-order valence-corrected chi connectivity index (χ1v) is 11.6. The van der Waals surface area contributed by atoms with Crippen LogP contribution >= 0.6 is 35.3 Å². The van der Waals surface area contributed by atoms with Gasteiger partial charge in [-0.1, -0.05) is 29.8 Å². The first-order chi connectivity index (χ1) is 12.2. The van der Waals surface area contributed by atoms with E-state index in [2.05, 4.69) is 48.6 Å². The highest BCUT2D eigenvalue weighted by Crippen LogP contribution is 2.44. The van der Waals surface area contributed by atoms with Crippen molar-refractivity contribution in [3.05, 3.63) is 59.7 Å². The molecule has 0 unspecified atom stereocenters. The van der Waals surface area contributed by atoms with Crippen molar-refractivity contribution in [1.82, 2.24) is 0 Å². The summed E-state index contributed by atoms with van der Waals surface area (Å²) in [5.74, 6) is 3.33. The Labute approximate surface area is 162 Å². The third-order valence-electron chi connectivity index (χ3n) is 3.89. The van der Waals surface area contributed by atoms with Crippen molar-refractivity contribution in [3.63, 3.8) is 0 Å². The van der Waals surface area contributed by atoms with Crippen LogP contribution in [0.2, 0.25) is 0 Å². The van der Waals surface area contributed by atoms with E-state index in [0.29, 0.717) is 11.0 Å². The highest BCUT2D eigenvalue weighted by atomic mass is 32.2. The second-order valence-corrected chi connectivity index (χ2v) is 9.90. The van der Waals surface area contributed by atoms with Crippen molar-refractivity contribution in [2.75, 3.05) is 22.6 Å². The largest absolute Gasteiger partial charge is 0.326 e. The van der Waals surface area contributed by atoms with Crippen LogP contribution in [0.25, 0.3) is 0 Å². The van der Waals surface area contributed by atoms with Gasteiger partial charge in [0.1, 0.15) is 0 Å². The van der Waals surface area contributed by atoms with E-state index in [1.54, 1.807) is 11.8 Å². The lowest BCUT2D eigenvalue weighted by molar-refractivity contribution is -0.115. The van der Waals surface area contributed by atoms with Crippen LogP contribution in [0.5, 0.6) is 0 Å². The van der Waals surface area contributed by atoms with Gasteiger partial charge in [0.25, 0.3) is 0 Å². The molecule has 2 aromatic carbocycles. The molecule has 1 aliphatic rings. The summed E-state index contributed by atoms with van der Waals surface area (Å²) in [7, 11) is 0. The van der Waals surface area contributed by atoms with Crippen molar-refractivity contribution >= 4 is 46.9 Å². The molecule has 132 valence electrons. The minimum Gasteiger partial charge on any atom is -0.326 e. The number of carbonyl (C=O) groups excluding carboxylic acids is 1. The van der Waals surface area contributed by atoms with Gasteiger partial charge in [0.15, 0.2) is 0 Å². The van der Waals surface area contributed by atoms with Gasteiger partial charge in [-0.3, -0.25) is 4.79 Å². The maximum absolute atomic E-state index is 12.2. The molecule has 0 bridgehead atoms. The molecule has 25 heavy (non-hydrogen) atoms. The number of hydrogen-bond acceptors (Lipinski definition) is 4. The molecule has 3 rings (SSSR count). The zero-order valence-corrected chi connectivity index (χ0v) is 16.8. The molecule has 1 heterocycles. The maximum Gasteiger partial charge on any atom is 0.225 e. The highest BCUT2D eigenvalue weighted by molar-refractivity contribution is 8.16. The summed E-state index contributed by atoms with van der Waals surface area (Å²) in [5.41, 5.74) is 3.48. The number of amides is 1. The molecule has 0 aromatic heterocycles. The van der Waals surface area contributed by atoms with Crippen LogP contribution in [0, 0.1) is 6.92 Å². The molecule has 0 spiro atoms. The van der Waals surface area contributed by atoms with E-state index in [1.807, 2.05) is 35.7 Å². The fourth-order valence-corrected chi connectivity index (χ4v) is 6.29. The first-order valence-electron chi connectivity index (χ1n) is 8.53. The van der Waals surface area contributed by atoms with Gasteiger partial charge >= 0.3 is 0 Å².